The molecule has 0 radical (unpaired) electrons. The summed E-state index contributed by atoms with van der Waals surface area (Å²) in [6, 6.07) is 10.3. The number of benzene rings is 1. The fraction of sp³-hybridized carbons (Fsp3) is 0.368. The Balaban J connectivity index is 1.38. The lowest BCUT2D eigenvalue weighted by molar-refractivity contribution is 0.482. The van der Waals surface area contributed by atoms with Crippen LogP contribution in [0.25, 0.3) is 11.3 Å². The molecule has 25 heavy (non-hydrogen) atoms. The second-order valence-corrected chi connectivity index (χ2v) is 6.34. The average molecular weight is 340 g/mol. The molecule has 0 atom stereocenters. The predicted molar refractivity (Wildman–Crippen MR) is 92.2 cm³/mol. The van der Waals surface area contributed by atoms with E-state index in [1.807, 2.05) is 6.07 Å². The van der Waals surface area contributed by atoms with E-state index >= 15 is 0 Å². The minimum absolute atomic E-state index is 0.275. The zero-order chi connectivity index (χ0) is 17.1. The molecule has 0 spiro atoms. The van der Waals surface area contributed by atoms with Crippen molar-refractivity contribution in [3.05, 3.63) is 59.6 Å². The van der Waals surface area contributed by atoms with Gasteiger partial charge in [0.05, 0.1) is 18.7 Å². The van der Waals surface area contributed by atoms with Gasteiger partial charge in [0.1, 0.15) is 29.0 Å². The Morgan fingerprint density at radius 1 is 1.04 bits per heavy atom. The molecule has 1 aliphatic heterocycles. The van der Waals surface area contributed by atoms with Crippen LogP contribution in [0.3, 0.4) is 0 Å². The number of hydrogen-bond donors (Lipinski definition) is 1. The van der Waals surface area contributed by atoms with Gasteiger partial charge in [-0.3, -0.25) is 0 Å². The fourth-order valence-corrected chi connectivity index (χ4v) is 3.25. The smallest absolute Gasteiger partial charge is 0.147 e. The Bertz CT molecular complexity index is 855. The summed E-state index contributed by atoms with van der Waals surface area (Å²) in [5.41, 5.74) is 0.483. The third-order valence-corrected chi connectivity index (χ3v) is 4.57. The van der Waals surface area contributed by atoms with E-state index in [2.05, 4.69) is 20.1 Å². The zero-order valence-corrected chi connectivity index (χ0v) is 14.0. The molecule has 1 aliphatic rings. The van der Waals surface area contributed by atoms with Crippen molar-refractivity contribution in [2.75, 3.05) is 0 Å². The molecule has 5 nitrogen and oxygen atoms in total. The van der Waals surface area contributed by atoms with Gasteiger partial charge in [-0.25, -0.2) is 4.39 Å². The first-order valence-corrected chi connectivity index (χ1v) is 8.76. The highest BCUT2D eigenvalue weighted by molar-refractivity contribution is 5.58. The number of halogens is 1. The lowest BCUT2D eigenvalue weighted by atomic mass is 10.1. The molecule has 3 heterocycles. The first kappa shape index (κ1) is 16.0. The van der Waals surface area contributed by atoms with E-state index in [1.165, 1.54) is 25.3 Å². The first-order valence-electron chi connectivity index (χ1n) is 8.76. The molecule has 0 aliphatic carbocycles. The number of aryl methyl sites for hydroxylation is 1. The molecular formula is C19H21FN4O. The van der Waals surface area contributed by atoms with Gasteiger partial charge >= 0.3 is 0 Å². The summed E-state index contributed by atoms with van der Waals surface area (Å²) in [7, 11) is 0. The molecule has 0 amide bonds. The molecular weight excluding hydrogens is 319 g/mol. The van der Waals surface area contributed by atoms with Gasteiger partial charge in [-0.15, -0.1) is 10.2 Å². The summed E-state index contributed by atoms with van der Waals surface area (Å²) in [6.07, 6.45) is 4.64. The molecule has 1 aromatic carbocycles. The van der Waals surface area contributed by atoms with Crippen molar-refractivity contribution < 1.29 is 8.81 Å². The molecule has 4 rings (SSSR count). The maximum atomic E-state index is 13.8. The van der Waals surface area contributed by atoms with E-state index in [0.717, 1.165) is 30.4 Å². The lowest BCUT2D eigenvalue weighted by Crippen LogP contribution is -2.17. The van der Waals surface area contributed by atoms with Gasteiger partial charge in [0, 0.05) is 13.0 Å². The molecule has 0 saturated carbocycles. The van der Waals surface area contributed by atoms with Crippen LogP contribution in [0.1, 0.15) is 36.7 Å². The summed E-state index contributed by atoms with van der Waals surface area (Å²) in [6.45, 7) is 2.21. The maximum absolute atomic E-state index is 13.8. The molecule has 0 unspecified atom stereocenters. The van der Waals surface area contributed by atoms with Gasteiger partial charge in [-0.1, -0.05) is 18.6 Å². The van der Waals surface area contributed by atoms with Crippen LogP contribution in [-0.2, 0) is 26.1 Å². The summed E-state index contributed by atoms with van der Waals surface area (Å²) in [5, 5.41) is 12.0. The van der Waals surface area contributed by atoms with Crippen LogP contribution < -0.4 is 5.32 Å². The molecule has 3 aromatic rings. The molecule has 2 aromatic heterocycles. The van der Waals surface area contributed by atoms with Crippen LogP contribution in [0.4, 0.5) is 4.39 Å². The van der Waals surface area contributed by atoms with Crippen molar-refractivity contribution >= 4 is 0 Å². The van der Waals surface area contributed by atoms with Gasteiger partial charge in [0.25, 0.3) is 0 Å². The maximum Gasteiger partial charge on any atom is 0.147 e. The molecule has 1 N–H and O–H groups in total. The largest absolute Gasteiger partial charge is 0.460 e. The third kappa shape index (κ3) is 3.49. The normalized spacial score (nSPS) is 14.3. The number of furan rings is 1. The first-order chi connectivity index (χ1) is 12.3. The van der Waals surface area contributed by atoms with Gasteiger partial charge in [-0.2, -0.15) is 0 Å². The number of nitrogens with one attached hydrogen (secondary N) is 1. The highest BCUT2D eigenvalue weighted by Crippen LogP contribution is 2.24. The van der Waals surface area contributed by atoms with E-state index in [4.69, 9.17) is 4.42 Å². The van der Waals surface area contributed by atoms with Crippen molar-refractivity contribution in [1.29, 1.82) is 0 Å². The quantitative estimate of drug-likeness (QED) is 0.769. The Labute approximate surface area is 145 Å². The monoisotopic (exact) mass is 340 g/mol. The highest BCUT2D eigenvalue weighted by atomic mass is 19.1. The number of hydrogen-bond acceptors (Lipinski definition) is 4. The topological polar surface area (TPSA) is 55.9 Å². The Morgan fingerprint density at radius 3 is 2.88 bits per heavy atom. The highest BCUT2D eigenvalue weighted by Gasteiger charge is 2.14. The molecule has 0 fully saturated rings. The summed E-state index contributed by atoms with van der Waals surface area (Å²) >= 11 is 0. The zero-order valence-electron chi connectivity index (χ0n) is 14.0. The van der Waals surface area contributed by atoms with E-state index < -0.39 is 0 Å². The minimum Gasteiger partial charge on any atom is -0.460 e. The second-order valence-electron chi connectivity index (χ2n) is 6.34. The number of rotatable bonds is 5. The van der Waals surface area contributed by atoms with E-state index in [9.17, 15) is 4.39 Å². The van der Waals surface area contributed by atoms with Gasteiger partial charge in [-0.05, 0) is 37.1 Å². The second kappa shape index (κ2) is 7.19. The summed E-state index contributed by atoms with van der Waals surface area (Å²) in [5.74, 6) is 3.11. The lowest BCUT2D eigenvalue weighted by Gasteiger charge is -2.07. The van der Waals surface area contributed by atoms with Crippen LogP contribution >= 0.6 is 0 Å². The number of nitrogens with zero attached hydrogens (tertiary/aromatic N) is 3. The van der Waals surface area contributed by atoms with Crippen molar-refractivity contribution in [3.8, 4) is 11.3 Å². The Kier molecular flexibility index (Phi) is 4.61. The SMILES string of the molecule is Fc1ccccc1-c1ccc(CNCc2nnc3n2CCCCC3)o1. The van der Waals surface area contributed by atoms with Crippen LogP contribution in [0.5, 0.6) is 0 Å². The van der Waals surface area contributed by atoms with Crippen LogP contribution in [0.15, 0.2) is 40.8 Å². The third-order valence-electron chi connectivity index (χ3n) is 4.57. The van der Waals surface area contributed by atoms with Crippen LogP contribution in [-0.4, -0.2) is 14.8 Å². The minimum atomic E-state index is -0.275. The van der Waals surface area contributed by atoms with Crippen molar-refractivity contribution in [3.63, 3.8) is 0 Å². The van der Waals surface area contributed by atoms with Crippen molar-refractivity contribution in [1.82, 2.24) is 20.1 Å². The van der Waals surface area contributed by atoms with Gasteiger partial charge in [0.2, 0.25) is 0 Å². The molecule has 6 heteroatoms. The summed E-state index contributed by atoms with van der Waals surface area (Å²) in [4.78, 5) is 0. The van der Waals surface area contributed by atoms with E-state index in [0.29, 0.717) is 24.4 Å². The number of aromatic nitrogens is 3. The number of fused-ring (bicyclic) bond motifs is 1. The van der Waals surface area contributed by atoms with E-state index in [1.54, 1.807) is 24.3 Å². The molecule has 0 saturated heterocycles. The van der Waals surface area contributed by atoms with Gasteiger partial charge in [0.15, 0.2) is 0 Å². The van der Waals surface area contributed by atoms with E-state index in [-0.39, 0.29) is 5.82 Å². The average Bonchev–Trinajstić information content (AvgIpc) is 3.16. The van der Waals surface area contributed by atoms with Crippen LogP contribution in [0.2, 0.25) is 0 Å². The van der Waals surface area contributed by atoms with Gasteiger partial charge < -0.3 is 14.3 Å². The van der Waals surface area contributed by atoms with Crippen molar-refractivity contribution in [2.24, 2.45) is 0 Å². The van der Waals surface area contributed by atoms with Crippen LogP contribution in [0, 0.1) is 5.82 Å². The molecule has 130 valence electrons. The Hall–Kier alpha value is -2.47. The Morgan fingerprint density at radius 2 is 1.96 bits per heavy atom. The standard InChI is InChI=1S/C19H21FN4O/c20-16-7-4-3-6-15(16)17-10-9-14(25-17)12-21-13-19-23-22-18-8-2-1-5-11-24(18)19/h3-4,6-7,9-10,21H,1-2,5,8,11-13H2. The summed E-state index contributed by atoms with van der Waals surface area (Å²) < 4.78 is 21.8. The van der Waals surface area contributed by atoms with Crippen molar-refractivity contribution in [2.45, 2.75) is 45.3 Å². The fourth-order valence-electron chi connectivity index (χ4n) is 3.25. The molecule has 0 bridgehead atoms. The predicted octanol–water partition coefficient (Wildman–Crippen LogP) is 3.69.